The molecule has 0 bridgehead atoms. The molecule has 1 heterocycles. The van der Waals surface area contributed by atoms with E-state index in [9.17, 15) is 14.7 Å². The van der Waals surface area contributed by atoms with Crippen LogP contribution in [0.4, 0.5) is 0 Å². The van der Waals surface area contributed by atoms with Crippen molar-refractivity contribution in [2.24, 2.45) is 0 Å². The van der Waals surface area contributed by atoms with E-state index in [2.05, 4.69) is 0 Å². The molecule has 1 aliphatic rings. The van der Waals surface area contributed by atoms with Crippen molar-refractivity contribution in [2.45, 2.75) is 12.5 Å². The smallest absolute Gasteiger partial charge is 0.239 e. The van der Waals surface area contributed by atoms with Gasteiger partial charge >= 0.3 is 0 Å². The Morgan fingerprint density at radius 1 is 1.17 bits per heavy atom. The molecule has 96 valence electrons. The Hall–Kier alpha value is -1.33. The molecule has 1 aromatic carbocycles. The number of hydrogen-bond acceptors (Lipinski definition) is 4. The fourth-order valence-electron chi connectivity index (χ4n) is 2.03. The molecule has 2 rings (SSSR count). The van der Waals surface area contributed by atoms with E-state index in [1.54, 1.807) is 0 Å². The minimum atomic E-state index is -0.451. The number of benzene rings is 1. The highest BCUT2D eigenvalue weighted by atomic mass is 32.2. The molecule has 1 aromatic rings. The number of hydrogen-bond donors (Lipinski definition) is 1. The summed E-state index contributed by atoms with van der Waals surface area (Å²) in [6.07, 6.45) is 0.499. The van der Waals surface area contributed by atoms with Gasteiger partial charge in [0.1, 0.15) is 0 Å². The third kappa shape index (κ3) is 2.91. The number of nitrogens with zero attached hydrogens (tertiary/aromatic N) is 1. The second kappa shape index (κ2) is 6.02. The van der Waals surface area contributed by atoms with Gasteiger partial charge in [-0.05, 0) is 12.0 Å². The summed E-state index contributed by atoms with van der Waals surface area (Å²) in [5.74, 6) is 0.228. The number of rotatable bonds is 4. The van der Waals surface area contributed by atoms with E-state index in [4.69, 9.17) is 0 Å². The summed E-state index contributed by atoms with van der Waals surface area (Å²) in [6, 6.07) is 9.12. The lowest BCUT2D eigenvalue weighted by Gasteiger charge is -2.31. The summed E-state index contributed by atoms with van der Waals surface area (Å²) < 4.78 is 0. The first kappa shape index (κ1) is 13.1. The lowest BCUT2D eigenvalue weighted by atomic mass is 10.0. The van der Waals surface area contributed by atoms with E-state index in [1.807, 2.05) is 30.3 Å². The number of amides is 2. The van der Waals surface area contributed by atoms with Crippen LogP contribution in [0.5, 0.6) is 0 Å². The minimum absolute atomic E-state index is 0.197. The lowest BCUT2D eigenvalue weighted by Crippen LogP contribution is -2.51. The van der Waals surface area contributed by atoms with E-state index in [1.165, 1.54) is 16.7 Å². The van der Waals surface area contributed by atoms with Crippen LogP contribution >= 0.6 is 11.8 Å². The van der Waals surface area contributed by atoms with Crippen LogP contribution in [0.2, 0.25) is 0 Å². The van der Waals surface area contributed by atoms with Gasteiger partial charge < -0.3 is 5.11 Å². The molecule has 1 aliphatic heterocycles. The van der Waals surface area contributed by atoms with Crippen LogP contribution in [-0.4, -0.2) is 46.0 Å². The minimum Gasteiger partial charge on any atom is -0.394 e. The van der Waals surface area contributed by atoms with Gasteiger partial charge in [-0.1, -0.05) is 30.3 Å². The average molecular weight is 265 g/mol. The summed E-state index contributed by atoms with van der Waals surface area (Å²) >= 11 is 1.33. The fraction of sp³-hybridized carbons (Fsp3) is 0.385. The predicted octanol–water partition coefficient (Wildman–Crippen LogP) is 0.692. The van der Waals surface area contributed by atoms with Gasteiger partial charge in [0.05, 0.1) is 24.2 Å². The first-order chi connectivity index (χ1) is 8.72. The highest BCUT2D eigenvalue weighted by Crippen LogP contribution is 2.17. The van der Waals surface area contributed by atoms with Gasteiger partial charge in [-0.2, -0.15) is 0 Å². The molecule has 1 fully saturated rings. The van der Waals surface area contributed by atoms with Crippen molar-refractivity contribution in [3.05, 3.63) is 35.9 Å². The monoisotopic (exact) mass is 265 g/mol. The number of aliphatic hydroxyl groups is 1. The van der Waals surface area contributed by atoms with E-state index >= 15 is 0 Å². The van der Waals surface area contributed by atoms with Crippen molar-refractivity contribution < 1.29 is 14.7 Å². The van der Waals surface area contributed by atoms with Gasteiger partial charge in [0.2, 0.25) is 11.8 Å². The van der Waals surface area contributed by atoms with Crippen molar-refractivity contribution in [2.75, 3.05) is 18.1 Å². The van der Waals surface area contributed by atoms with Crippen LogP contribution in [-0.2, 0) is 16.0 Å². The van der Waals surface area contributed by atoms with Gasteiger partial charge in [-0.15, -0.1) is 11.8 Å². The molecule has 0 aliphatic carbocycles. The Bertz CT molecular complexity index is 419. The molecule has 2 amide bonds. The van der Waals surface area contributed by atoms with Crippen LogP contribution in [0, 0.1) is 0 Å². The molecule has 1 saturated heterocycles. The first-order valence-corrected chi connectivity index (χ1v) is 6.95. The molecular formula is C13H15NO3S. The van der Waals surface area contributed by atoms with Crippen LogP contribution < -0.4 is 0 Å². The molecule has 0 saturated carbocycles. The summed E-state index contributed by atoms with van der Waals surface area (Å²) in [5.41, 5.74) is 1.01. The Labute approximate surface area is 110 Å². The second-order valence-electron chi connectivity index (χ2n) is 4.18. The van der Waals surface area contributed by atoms with Gasteiger partial charge in [0.25, 0.3) is 0 Å². The van der Waals surface area contributed by atoms with Gasteiger partial charge in [0, 0.05) is 0 Å². The quantitative estimate of drug-likeness (QED) is 0.814. The van der Waals surface area contributed by atoms with Crippen molar-refractivity contribution in [1.29, 1.82) is 0 Å². The number of carbonyl (C=O) groups is 2. The molecule has 4 nitrogen and oxygen atoms in total. The van der Waals surface area contributed by atoms with E-state index < -0.39 is 6.04 Å². The molecule has 0 unspecified atom stereocenters. The van der Waals surface area contributed by atoms with Crippen molar-refractivity contribution >= 4 is 23.6 Å². The maximum atomic E-state index is 11.8. The second-order valence-corrected chi connectivity index (χ2v) is 5.16. The SMILES string of the molecule is O=C1CSCC(=O)N1[C@@H](CO)Cc1ccccc1. The predicted molar refractivity (Wildman–Crippen MR) is 70.2 cm³/mol. The molecule has 5 heteroatoms. The summed E-state index contributed by atoms with van der Waals surface area (Å²) in [4.78, 5) is 24.8. The van der Waals surface area contributed by atoms with Crippen molar-refractivity contribution in [3.8, 4) is 0 Å². The first-order valence-electron chi connectivity index (χ1n) is 5.80. The molecular weight excluding hydrogens is 250 g/mol. The van der Waals surface area contributed by atoms with Gasteiger partial charge in [0.15, 0.2) is 0 Å². The zero-order chi connectivity index (χ0) is 13.0. The van der Waals surface area contributed by atoms with Crippen LogP contribution in [0.15, 0.2) is 30.3 Å². The zero-order valence-electron chi connectivity index (χ0n) is 9.91. The fourth-order valence-corrected chi connectivity index (χ4v) is 2.76. The van der Waals surface area contributed by atoms with Crippen LogP contribution in [0.1, 0.15) is 5.56 Å². The third-order valence-corrected chi connectivity index (χ3v) is 3.78. The Balaban J connectivity index is 2.12. The maximum Gasteiger partial charge on any atom is 0.239 e. The summed E-state index contributed by atoms with van der Waals surface area (Å²) in [5, 5.41) is 9.42. The zero-order valence-corrected chi connectivity index (χ0v) is 10.7. The topological polar surface area (TPSA) is 57.6 Å². The number of aliphatic hydroxyl groups excluding tert-OH is 1. The largest absolute Gasteiger partial charge is 0.394 e. The number of thioether (sulfide) groups is 1. The van der Waals surface area contributed by atoms with E-state index in [0.29, 0.717) is 17.9 Å². The molecule has 0 spiro atoms. The van der Waals surface area contributed by atoms with Crippen LogP contribution in [0.25, 0.3) is 0 Å². The summed E-state index contributed by atoms with van der Waals surface area (Å²) in [7, 11) is 0. The number of carbonyl (C=O) groups excluding carboxylic acids is 2. The highest BCUT2D eigenvalue weighted by Gasteiger charge is 2.32. The van der Waals surface area contributed by atoms with Gasteiger partial charge in [-0.25, -0.2) is 0 Å². The lowest BCUT2D eigenvalue weighted by molar-refractivity contribution is -0.146. The molecule has 1 N–H and O–H groups in total. The van der Waals surface area contributed by atoms with E-state index in [-0.39, 0.29) is 18.4 Å². The Kier molecular flexibility index (Phi) is 4.38. The van der Waals surface area contributed by atoms with Crippen molar-refractivity contribution in [3.63, 3.8) is 0 Å². The van der Waals surface area contributed by atoms with Crippen LogP contribution in [0.3, 0.4) is 0 Å². The summed E-state index contributed by atoms with van der Waals surface area (Å²) in [6.45, 7) is -0.197. The molecule has 18 heavy (non-hydrogen) atoms. The standard InChI is InChI=1S/C13H15NO3S/c15-7-11(6-10-4-2-1-3-5-10)14-12(16)8-18-9-13(14)17/h1-5,11,15H,6-9H2/t11-/m1/s1. The molecule has 0 radical (unpaired) electrons. The van der Waals surface area contributed by atoms with E-state index in [0.717, 1.165) is 5.56 Å². The maximum absolute atomic E-state index is 11.8. The average Bonchev–Trinajstić information content (AvgIpc) is 2.38. The molecule has 1 atom stereocenters. The Morgan fingerprint density at radius 3 is 2.33 bits per heavy atom. The van der Waals surface area contributed by atoms with Gasteiger partial charge in [-0.3, -0.25) is 14.5 Å². The number of imide groups is 1. The normalized spacial score (nSPS) is 17.9. The highest BCUT2D eigenvalue weighted by molar-refractivity contribution is 8.00. The Morgan fingerprint density at radius 2 is 1.78 bits per heavy atom. The third-order valence-electron chi connectivity index (χ3n) is 2.88. The van der Waals surface area contributed by atoms with Crippen molar-refractivity contribution in [1.82, 2.24) is 4.90 Å². The molecule has 0 aromatic heterocycles.